The number of hydrogen-bond acceptors (Lipinski definition) is 2. The number of rotatable bonds is 1. The van der Waals surface area contributed by atoms with Gasteiger partial charge in [-0.05, 0) is 20.8 Å². The molecule has 0 radical (unpaired) electrons. The Kier molecular flexibility index (Phi) is 2.51. The lowest BCUT2D eigenvalue weighted by Gasteiger charge is -2.25. The van der Waals surface area contributed by atoms with Crippen LogP contribution in [0.4, 0.5) is 13.2 Å². The highest BCUT2D eigenvalue weighted by atomic mass is 19.4. The van der Waals surface area contributed by atoms with Crippen molar-refractivity contribution < 1.29 is 18.0 Å². The maximum Gasteiger partial charge on any atom is 0.405 e. The Morgan fingerprint density at radius 3 is 2.29 bits per heavy atom. The van der Waals surface area contributed by atoms with E-state index in [1.54, 1.807) is 13.8 Å². The molecule has 1 fully saturated rings. The van der Waals surface area contributed by atoms with Gasteiger partial charge in [-0.2, -0.15) is 13.2 Å². The Bertz CT molecular complexity index is 249. The maximum atomic E-state index is 12.3. The van der Waals surface area contributed by atoms with Gasteiger partial charge >= 0.3 is 6.18 Å². The molecule has 6 heteroatoms. The summed E-state index contributed by atoms with van der Waals surface area (Å²) in [6, 6.07) is -1.65. The van der Waals surface area contributed by atoms with E-state index in [0.29, 0.717) is 0 Å². The predicted molar refractivity (Wildman–Crippen MR) is 44.1 cm³/mol. The highest BCUT2D eigenvalue weighted by Gasteiger charge is 2.47. The van der Waals surface area contributed by atoms with Crippen molar-refractivity contribution in [3.63, 3.8) is 0 Å². The van der Waals surface area contributed by atoms with Crippen LogP contribution in [0.15, 0.2) is 0 Å². The van der Waals surface area contributed by atoms with Crippen LogP contribution in [0.1, 0.15) is 20.8 Å². The van der Waals surface area contributed by atoms with Crippen LogP contribution in [0.3, 0.4) is 0 Å². The first-order valence-corrected chi connectivity index (χ1v) is 4.29. The number of halogens is 3. The van der Waals surface area contributed by atoms with E-state index in [0.717, 1.165) is 11.9 Å². The molecule has 1 rings (SSSR count). The first-order valence-electron chi connectivity index (χ1n) is 4.29. The Hall–Kier alpha value is -0.780. The Morgan fingerprint density at radius 2 is 2.00 bits per heavy atom. The quantitative estimate of drug-likeness (QED) is 0.707. The van der Waals surface area contributed by atoms with Crippen molar-refractivity contribution in [2.75, 3.05) is 6.54 Å². The van der Waals surface area contributed by atoms with E-state index >= 15 is 0 Å². The van der Waals surface area contributed by atoms with Gasteiger partial charge in [0.2, 0.25) is 5.91 Å². The Morgan fingerprint density at radius 1 is 1.50 bits per heavy atom. The number of nitrogens with zero attached hydrogens (tertiary/aromatic N) is 1. The number of amides is 1. The highest BCUT2D eigenvalue weighted by molar-refractivity contribution is 5.83. The first kappa shape index (κ1) is 11.3. The second-order valence-electron chi connectivity index (χ2n) is 4.17. The molecule has 1 amide bonds. The maximum absolute atomic E-state index is 12.3. The lowest BCUT2D eigenvalue weighted by atomic mass is 9.94. The summed E-state index contributed by atoms with van der Waals surface area (Å²) < 4.78 is 36.9. The minimum absolute atomic E-state index is 0.0759. The zero-order valence-corrected chi connectivity index (χ0v) is 8.27. The van der Waals surface area contributed by atoms with Gasteiger partial charge in [0.25, 0.3) is 0 Å². The Labute approximate surface area is 80.2 Å². The summed E-state index contributed by atoms with van der Waals surface area (Å²) in [7, 11) is 0. The number of alkyl halides is 3. The number of hydrazine groups is 1. The zero-order valence-electron chi connectivity index (χ0n) is 8.27. The van der Waals surface area contributed by atoms with Gasteiger partial charge in [0.1, 0.15) is 6.04 Å². The molecule has 0 unspecified atom stereocenters. The molecule has 1 heterocycles. The van der Waals surface area contributed by atoms with Gasteiger partial charge in [-0.3, -0.25) is 10.2 Å². The second kappa shape index (κ2) is 3.12. The van der Waals surface area contributed by atoms with Crippen molar-refractivity contribution in [3.05, 3.63) is 0 Å². The summed E-state index contributed by atoms with van der Waals surface area (Å²) in [4.78, 5) is 11.2. The average molecular weight is 210 g/mol. The summed E-state index contributed by atoms with van der Waals surface area (Å²) in [5.74, 6) is -0.367. The van der Waals surface area contributed by atoms with Crippen molar-refractivity contribution >= 4 is 5.91 Å². The average Bonchev–Trinajstić information content (AvgIpc) is 2.23. The molecule has 82 valence electrons. The number of nitrogens with one attached hydrogen (secondary N) is 1. The lowest BCUT2D eigenvalue weighted by molar-refractivity contribution is -0.183. The third-order valence-electron chi connectivity index (χ3n) is 2.37. The third kappa shape index (κ3) is 2.00. The van der Waals surface area contributed by atoms with Crippen LogP contribution in [0.5, 0.6) is 0 Å². The fourth-order valence-electron chi connectivity index (χ4n) is 1.23. The molecule has 0 saturated carbocycles. The fourth-order valence-corrected chi connectivity index (χ4v) is 1.23. The van der Waals surface area contributed by atoms with Gasteiger partial charge < -0.3 is 0 Å². The minimum Gasteiger partial charge on any atom is -0.288 e. The largest absolute Gasteiger partial charge is 0.405 e. The van der Waals surface area contributed by atoms with Crippen molar-refractivity contribution in [3.8, 4) is 0 Å². The minimum atomic E-state index is -4.31. The van der Waals surface area contributed by atoms with E-state index in [1.165, 1.54) is 0 Å². The molecule has 1 saturated heterocycles. The first-order chi connectivity index (χ1) is 6.14. The molecule has 1 aliphatic heterocycles. The molecular formula is C8H13F3N2O. The summed E-state index contributed by atoms with van der Waals surface area (Å²) in [6.07, 6.45) is -4.31. The summed E-state index contributed by atoms with van der Waals surface area (Å²) in [5.41, 5.74) is 1.47. The van der Waals surface area contributed by atoms with Crippen LogP contribution >= 0.6 is 0 Å². The van der Waals surface area contributed by atoms with E-state index in [-0.39, 0.29) is 12.5 Å². The topological polar surface area (TPSA) is 32.3 Å². The van der Waals surface area contributed by atoms with Crippen molar-refractivity contribution in [2.24, 2.45) is 5.41 Å². The molecule has 1 aliphatic rings. The smallest absolute Gasteiger partial charge is 0.288 e. The molecule has 0 aromatic heterocycles. The van der Waals surface area contributed by atoms with Gasteiger partial charge in [-0.1, -0.05) is 0 Å². The molecule has 0 aliphatic carbocycles. The van der Waals surface area contributed by atoms with Crippen LogP contribution in [0.2, 0.25) is 0 Å². The predicted octanol–water partition coefficient (Wildman–Crippen LogP) is 1.31. The molecule has 0 spiro atoms. The Balaban J connectivity index is 2.72. The molecule has 0 aromatic rings. The molecule has 1 atom stereocenters. The van der Waals surface area contributed by atoms with Crippen molar-refractivity contribution in [1.29, 1.82) is 0 Å². The zero-order chi connectivity index (χ0) is 11.1. The van der Waals surface area contributed by atoms with Crippen molar-refractivity contribution in [1.82, 2.24) is 10.4 Å². The standard InChI is InChI=1S/C8H13F3N2O/c1-5(8(9,10)11)13-4-7(2,3)6(14)12-13/h5H,4H2,1-3H3,(H,12,14)/t5-/m0/s1. The molecular weight excluding hydrogens is 197 g/mol. The summed E-state index contributed by atoms with van der Waals surface area (Å²) >= 11 is 0. The van der Waals surface area contributed by atoms with Gasteiger partial charge in [-0.15, -0.1) is 0 Å². The lowest BCUT2D eigenvalue weighted by Crippen LogP contribution is -2.48. The SMILES string of the molecule is C[C@H](N1CC(C)(C)C(=O)N1)C(F)(F)F. The normalized spacial score (nSPS) is 24.9. The molecule has 0 aromatic carbocycles. The molecule has 0 bridgehead atoms. The molecule has 3 nitrogen and oxygen atoms in total. The van der Waals surface area contributed by atoms with E-state index in [2.05, 4.69) is 5.43 Å². The monoisotopic (exact) mass is 210 g/mol. The number of carbonyl (C=O) groups is 1. The van der Waals surface area contributed by atoms with Crippen molar-refractivity contribution in [2.45, 2.75) is 33.0 Å². The van der Waals surface area contributed by atoms with E-state index in [4.69, 9.17) is 0 Å². The van der Waals surface area contributed by atoms with E-state index in [1.807, 2.05) is 0 Å². The van der Waals surface area contributed by atoms with Gasteiger partial charge in [0, 0.05) is 6.54 Å². The summed E-state index contributed by atoms with van der Waals surface area (Å²) in [6.45, 7) is 4.34. The second-order valence-corrected chi connectivity index (χ2v) is 4.17. The van der Waals surface area contributed by atoms with Crippen LogP contribution in [-0.4, -0.2) is 29.7 Å². The molecule has 14 heavy (non-hydrogen) atoms. The van der Waals surface area contributed by atoms with Gasteiger partial charge in [0.15, 0.2) is 0 Å². The van der Waals surface area contributed by atoms with Gasteiger partial charge in [0.05, 0.1) is 5.41 Å². The van der Waals surface area contributed by atoms with E-state index < -0.39 is 17.6 Å². The van der Waals surface area contributed by atoms with Crippen LogP contribution < -0.4 is 5.43 Å². The summed E-state index contributed by atoms with van der Waals surface area (Å²) in [5, 5.41) is 0.933. The van der Waals surface area contributed by atoms with Gasteiger partial charge in [-0.25, -0.2) is 5.01 Å². The highest BCUT2D eigenvalue weighted by Crippen LogP contribution is 2.30. The van der Waals surface area contributed by atoms with Crippen LogP contribution in [0.25, 0.3) is 0 Å². The fraction of sp³-hybridized carbons (Fsp3) is 0.875. The number of hydrogen-bond donors (Lipinski definition) is 1. The third-order valence-corrected chi connectivity index (χ3v) is 2.37. The van der Waals surface area contributed by atoms with Crippen LogP contribution in [-0.2, 0) is 4.79 Å². The van der Waals surface area contributed by atoms with Crippen LogP contribution in [0, 0.1) is 5.41 Å². The molecule has 1 N–H and O–H groups in total. The van der Waals surface area contributed by atoms with E-state index in [9.17, 15) is 18.0 Å². The number of carbonyl (C=O) groups excluding carboxylic acids is 1.